The monoisotopic (exact) mass is 235 g/mol. The van der Waals surface area contributed by atoms with Gasteiger partial charge in [0.1, 0.15) is 0 Å². The molecule has 0 bridgehead atoms. The highest BCUT2D eigenvalue weighted by Crippen LogP contribution is 2.16. The lowest BCUT2D eigenvalue weighted by atomic mass is 10.0. The Balaban J connectivity index is 2.57. The molecule has 0 spiro atoms. The summed E-state index contributed by atoms with van der Waals surface area (Å²) in [6.07, 6.45) is 0.981. The second kappa shape index (κ2) is 7.07. The molecule has 0 heterocycles. The Morgan fingerprint density at radius 1 is 1.35 bits per heavy atom. The lowest BCUT2D eigenvalue weighted by Crippen LogP contribution is -2.33. The maximum absolute atomic E-state index is 10.8. The molecule has 3 heteroatoms. The van der Waals surface area contributed by atoms with E-state index in [1.807, 2.05) is 23.1 Å². The number of hydrogen-bond acceptors (Lipinski definition) is 2. The molecule has 1 aromatic carbocycles. The highest BCUT2D eigenvalue weighted by molar-refractivity contribution is 5.69. The third kappa shape index (κ3) is 5.00. The van der Waals surface area contributed by atoms with Crippen molar-refractivity contribution >= 4 is 5.97 Å². The smallest absolute Gasteiger partial charge is 0.317 e. The average Bonchev–Trinajstić information content (AvgIpc) is 2.29. The van der Waals surface area contributed by atoms with Gasteiger partial charge >= 0.3 is 5.97 Å². The van der Waals surface area contributed by atoms with Crippen molar-refractivity contribution in [3.63, 3.8) is 0 Å². The first-order chi connectivity index (χ1) is 8.13. The van der Waals surface area contributed by atoms with Gasteiger partial charge in [0.05, 0.1) is 6.54 Å². The van der Waals surface area contributed by atoms with E-state index in [1.165, 1.54) is 5.56 Å². The maximum Gasteiger partial charge on any atom is 0.317 e. The fraction of sp³-hybridized carbons (Fsp3) is 0.500. The van der Waals surface area contributed by atoms with Crippen molar-refractivity contribution in [2.24, 2.45) is 0 Å². The van der Waals surface area contributed by atoms with Crippen molar-refractivity contribution in [1.82, 2.24) is 4.90 Å². The summed E-state index contributed by atoms with van der Waals surface area (Å²) in [5, 5.41) is 8.85. The van der Waals surface area contributed by atoms with Gasteiger partial charge < -0.3 is 5.11 Å². The number of aliphatic carboxylic acids is 1. The highest BCUT2D eigenvalue weighted by Gasteiger charge is 2.13. The van der Waals surface area contributed by atoms with Crippen LogP contribution in [0.5, 0.6) is 0 Å². The topological polar surface area (TPSA) is 40.5 Å². The van der Waals surface area contributed by atoms with Crippen LogP contribution in [-0.4, -0.2) is 35.6 Å². The molecule has 1 aromatic rings. The Bertz CT molecular complexity index is 337. The Hall–Kier alpha value is -1.35. The Labute approximate surface area is 103 Å². The van der Waals surface area contributed by atoms with Gasteiger partial charge in [-0.25, -0.2) is 0 Å². The van der Waals surface area contributed by atoms with Crippen LogP contribution in [0.25, 0.3) is 0 Å². The van der Waals surface area contributed by atoms with Crippen molar-refractivity contribution in [1.29, 1.82) is 0 Å². The van der Waals surface area contributed by atoms with E-state index in [2.05, 4.69) is 26.0 Å². The molecule has 1 atom stereocenters. The Kier molecular flexibility index (Phi) is 5.70. The number of nitrogens with zero attached hydrogens (tertiary/aromatic N) is 1. The molecule has 0 saturated heterocycles. The number of hydrogen-bond donors (Lipinski definition) is 1. The van der Waals surface area contributed by atoms with Gasteiger partial charge in [-0.2, -0.15) is 0 Å². The molecular weight excluding hydrogens is 214 g/mol. The van der Waals surface area contributed by atoms with Gasteiger partial charge in [-0.15, -0.1) is 0 Å². The fourth-order valence-corrected chi connectivity index (χ4v) is 2.02. The van der Waals surface area contributed by atoms with Gasteiger partial charge in [-0.3, -0.25) is 9.69 Å². The second-order valence-corrected chi connectivity index (χ2v) is 4.44. The zero-order chi connectivity index (χ0) is 12.7. The quantitative estimate of drug-likeness (QED) is 0.789. The van der Waals surface area contributed by atoms with Gasteiger partial charge in [0.2, 0.25) is 0 Å². The zero-order valence-corrected chi connectivity index (χ0v) is 10.6. The normalized spacial score (nSPS) is 12.6. The number of rotatable bonds is 7. The van der Waals surface area contributed by atoms with Crippen LogP contribution < -0.4 is 0 Å². The molecule has 1 N–H and O–H groups in total. The van der Waals surface area contributed by atoms with Gasteiger partial charge in [-0.05, 0) is 24.4 Å². The van der Waals surface area contributed by atoms with Gasteiger partial charge in [0, 0.05) is 6.54 Å². The van der Waals surface area contributed by atoms with Crippen molar-refractivity contribution in [3.05, 3.63) is 35.9 Å². The largest absolute Gasteiger partial charge is 0.480 e. The standard InChI is InChI=1S/C14H21NO2/c1-3-9-15(11-14(16)17)10-12(2)13-7-5-4-6-8-13/h4-8,12H,3,9-11H2,1-2H3,(H,16,17). The van der Waals surface area contributed by atoms with Crippen LogP contribution >= 0.6 is 0 Å². The van der Waals surface area contributed by atoms with Gasteiger partial charge in [0.15, 0.2) is 0 Å². The van der Waals surface area contributed by atoms with E-state index in [0.29, 0.717) is 5.92 Å². The molecule has 0 aliphatic heterocycles. The molecular formula is C14H21NO2. The Morgan fingerprint density at radius 3 is 2.53 bits per heavy atom. The minimum absolute atomic E-state index is 0.130. The minimum atomic E-state index is -0.751. The second-order valence-electron chi connectivity index (χ2n) is 4.44. The van der Waals surface area contributed by atoms with E-state index in [1.54, 1.807) is 0 Å². The van der Waals surface area contributed by atoms with Crippen LogP contribution in [0.4, 0.5) is 0 Å². The van der Waals surface area contributed by atoms with Crippen molar-refractivity contribution in [3.8, 4) is 0 Å². The zero-order valence-electron chi connectivity index (χ0n) is 10.6. The molecule has 0 fully saturated rings. The molecule has 0 aromatic heterocycles. The molecule has 17 heavy (non-hydrogen) atoms. The molecule has 0 aliphatic carbocycles. The summed E-state index contributed by atoms with van der Waals surface area (Å²) >= 11 is 0. The first kappa shape index (κ1) is 13.7. The van der Waals surface area contributed by atoms with Gasteiger partial charge in [-0.1, -0.05) is 44.2 Å². The summed E-state index contributed by atoms with van der Waals surface area (Å²) in [5.41, 5.74) is 1.26. The average molecular weight is 235 g/mol. The van der Waals surface area contributed by atoms with E-state index >= 15 is 0 Å². The summed E-state index contributed by atoms with van der Waals surface area (Å²) in [6.45, 7) is 5.97. The predicted molar refractivity (Wildman–Crippen MR) is 69.2 cm³/mol. The van der Waals surface area contributed by atoms with E-state index in [4.69, 9.17) is 5.11 Å². The fourth-order valence-electron chi connectivity index (χ4n) is 2.02. The predicted octanol–water partition coefficient (Wildman–Crippen LogP) is 2.59. The third-order valence-corrected chi connectivity index (χ3v) is 2.80. The van der Waals surface area contributed by atoms with Gasteiger partial charge in [0.25, 0.3) is 0 Å². The van der Waals surface area contributed by atoms with Crippen LogP contribution in [0.15, 0.2) is 30.3 Å². The van der Waals surface area contributed by atoms with Crippen LogP contribution in [0, 0.1) is 0 Å². The highest BCUT2D eigenvalue weighted by atomic mass is 16.4. The first-order valence-electron chi connectivity index (χ1n) is 6.12. The number of carboxylic acids is 1. The summed E-state index contributed by atoms with van der Waals surface area (Å²) < 4.78 is 0. The van der Waals surface area contributed by atoms with E-state index in [0.717, 1.165) is 19.5 Å². The molecule has 3 nitrogen and oxygen atoms in total. The molecule has 0 amide bonds. The molecule has 94 valence electrons. The van der Waals surface area contributed by atoms with E-state index in [-0.39, 0.29) is 6.54 Å². The maximum atomic E-state index is 10.8. The van der Waals surface area contributed by atoms with Crippen LogP contribution in [0.3, 0.4) is 0 Å². The minimum Gasteiger partial charge on any atom is -0.480 e. The van der Waals surface area contributed by atoms with Crippen molar-refractivity contribution < 1.29 is 9.90 Å². The number of carbonyl (C=O) groups is 1. The molecule has 0 saturated carbocycles. The van der Waals surface area contributed by atoms with E-state index < -0.39 is 5.97 Å². The van der Waals surface area contributed by atoms with Crippen molar-refractivity contribution in [2.75, 3.05) is 19.6 Å². The van der Waals surface area contributed by atoms with Crippen LogP contribution in [0.2, 0.25) is 0 Å². The molecule has 0 aliphatic rings. The number of benzene rings is 1. The van der Waals surface area contributed by atoms with Crippen LogP contribution in [-0.2, 0) is 4.79 Å². The van der Waals surface area contributed by atoms with Crippen molar-refractivity contribution in [2.45, 2.75) is 26.2 Å². The van der Waals surface area contributed by atoms with E-state index in [9.17, 15) is 4.79 Å². The first-order valence-corrected chi connectivity index (χ1v) is 6.12. The summed E-state index contributed by atoms with van der Waals surface area (Å²) in [4.78, 5) is 12.8. The Morgan fingerprint density at radius 2 is 2.00 bits per heavy atom. The third-order valence-electron chi connectivity index (χ3n) is 2.80. The molecule has 0 radical (unpaired) electrons. The van der Waals surface area contributed by atoms with Crippen LogP contribution in [0.1, 0.15) is 31.7 Å². The SMILES string of the molecule is CCCN(CC(=O)O)CC(C)c1ccccc1. The number of carboxylic acid groups (broad SMARTS) is 1. The molecule has 1 unspecified atom stereocenters. The summed E-state index contributed by atoms with van der Waals surface area (Å²) in [7, 11) is 0. The molecule has 1 rings (SSSR count). The lowest BCUT2D eigenvalue weighted by molar-refractivity contribution is -0.138. The summed E-state index contributed by atoms with van der Waals surface area (Å²) in [5.74, 6) is -0.388. The lowest BCUT2D eigenvalue weighted by Gasteiger charge is -2.23. The summed E-state index contributed by atoms with van der Waals surface area (Å²) in [6, 6.07) is 10.2.